The zero-order chi connectivity index (χ0) is 18.3. The van der Waals surface area contributed by atoms with Crippen LogP contribution in [-0.2, 0) is 27.8 Å². The van der Waals surface area contributed by atoms with Gasteiger partial charge in [0.2, 0.25) is 10.0 Å². The molecule has 2 aliphatic heterocycles. The number of hydrogen-bond acceptors (Lipinski definition) is 6. The second-order valence-electron chi connectivity index (χ2n) is 6.16. The molecule has 0 aromatic heterocycles. The Bertz CT molecular complexity index is 971. The monoisotopic (exact) mass is 374 g/mol. The molecular formula is C18H16NO6S-. The van der Waals surface area contributed by atoms with Gasteiger partial charge in [0.1, 0.15) is 13.2 Å². The molecular weight excluding hydrogens is 358 g/mol. The maximum absolute atomic E-state index is 13.1. The van der Waals surface area contributed by atoms with Gasteiger partial charge in [-0.2, -0.15) is 4.31 Å². The maximum atomic E-state index is 13.1. The van der Waals surface area contributed by atoms with Crippen LogP contribution in [-0.4, -0.2) is 37.9 Å². The molecule has 0 amide bonds. The molecule has 4 rings (SSSR count). The standard InChI is InChI=1S/C18H17NO6S/c20-18(21)15-9-12-3-1-2-4-13(12)11-19(15)26(22,23)14-5-6-16-17(10-14)25-8-7-24-16/h1-6,10,15H,7-9,11H2,(H,20,21)/p-1/t15-/m0/s1. The summed E-state index contributed by atoms with van der Waals surface area (Å²) in [6, 6.07) is 10.2. The minimum atomic E-state index is -4.06. The lowest BCUT2D eigenvalue weighted by Crippen LogP contribution is -2.53. The van der Waals surface area contributed by atoms with Crippen LogP contribution in [0.3, 0.4) is 0 Å². The highest BCUT2D eigenvalue weighted by Gasteiger charge is 2.37. The van der Waals surface area contributed by atoms with Gasteiger partial charge in [0.05, 0.1) is 16.9 Å². The SMILES string of the molecule is O=C([O-])[C@@H]1Cc2ccccc2CN1S(=O)(=O)c1ccc2c(c1)OCCO2. The molecule has 8 heteroatoms. The first-order valence-corrected chi connectivity index (χ1v) is 9.60. The van der Waals surface area contributed by atoms with Crippen LogP contribution in [0.4, 0.5) is 0 Å². The first kappa shape index (κ1) is 16.9. The first-order valence-electron chi connectivity index (χ1n) is 8.16. The fraction of sp³-hybridized carbons (Fsp3) is 0.278. The molecule has 2 aromatic rings. The second kappa shape index (κ2) is 6.30. The summed E-state index contributed by atoms with van der Waals surface area (Å²) in [4.78, 5) is 11.6. The molecule has 136 valence electrons. The highest BCUT2D eigenvalue weighted by Crippen LogP contribution is 2.35. The predicted molar refractivity (Wildman–Crippen MR) is 89.1 cm³/mol. The van der Waals surface area contributed by atoms with Gasteiger partial charge in [0.25, 0.3) is 0 Å². The van der Waals surface area contributed by atoms with Crippen molar-refractivity contribution in [2.45, 2.75) is 23.9 Å². The van der Waals surface area contributed by atoms with Crippen molar-refractivity contribution in [2.24, 2.45) is 0 Å². The normalized spacial score (nSPS) is 19.6. The Kier molecular flexibility index (Phi) is 4.08. The Hall–Kier alpha value is -2.58. The van der Waals surface area contributed by atoms with E-state index in [1.54, 1.807) is 24.3 Å². The van der Waals surface area contributed by atoms with Crippen LogP contribution in [0.15, 0.2) is 47.4 Å². The third-order valence-electron chi connectivity index (χ3n) is 4.60. The van der Waals surface area contributed by atoms with Crippen molar-refractivity contribution in [1.29, 1.82) is 0 Å². The lowest BCUT2D eigenvalue weighted by atomic mass is 9.96. The number of carboxylic acid groups (broad SMARTS) is 1. The molecule has 0 aliphatic carbocycles. The largest absolute Gasteiger partial charge is 0.548 e. The number of benzene rings is 2. The summed E-state index contributed by atoms with van der Waals surface area (Å²) in [5, 5.41) is 11.6. The third kappa shape index (κ3) is 2.81. The Morgan fingerprint density at radius 3 is 2.46 bits per heavy atom. The molecule has 0 fully saturated rings. The number of carboxylic acids is 1. The van der Waals surface area contributed by atoms with E-state index in [4.69, 9.17) is 9.47 Å². The molecule has 0 spiro atoms. The van der Waals surface area contributed by atoms with Gasteiger partial charge in [0.15, 0.2) is 11.5 Å². The molecule has 1 atom stereocenters. The van der Waals surface area contributed by atoms with Gasteiger partial charge in [-0.25, -0.2) is 8.42 Å². The third-order valence-corrected chi connectivity index (χ3v) is 6.45. The number of carbonyl (C=O) groups excluding carboxylic acids is 1. The van der Waals surface area contributed by atoms with E-state index in [9.17, 15) is 18.3 Å². The molecule has 0 N–H and O–H groups in total. The van der Waals surface area contributed by atoms with E-state index in [0.29, 0.717) is 24.7 Å². The van der Waals surface area contributed by atoms with Crippen LogP contribution in [0, 0.1) is 0 Å². The van der Waals surface area contributed by atoms with Gasteiger partial charge in [-0.15, -0.1) is 0 Å². The summed E-state index contributed by atoms with van der Waals surface area (Å²) >= 11 is 0. The average Bonchev–Trinajstić information content (AvgIpc) is 2.66. The van der Waals surface area contributed by atoms with Crippen molar-refractivity contribution in [1.82, 2.24) is 4.31 Å². The van der Waals surface area contributed by atoms with E-state index in [2.05, 4.69) is 0 Å². The fourth-order valence-electron chi connectivity index (χ4n) is 3.27. The number of rotatable bonds is 3. The van der Waals surface area contributed by atoms with Crippen molar-refractivity contribution in [3.8, 4) is 11.5 Å². The minimum Gasteiger partial charge on any atom is -0.548 e. The molecule has 2 aliphatic rings. The number of ether oxygens (including phenoxy) is 2. The Balaban J connectivity index is 1.75. The summed E-state index contributed by atoms with van der Waals surface area (Å²) in [5.41, 5.74) is 1.60. The van der Waals surface area contributed by atoms with Gasteiger partial charge in [-0.3, -0.25) is 0 Å². The van der Waals surface area contributed by atoms with Crippen LogP contribution < -0.4 is 14.6 Å². The zero-order valence-electron chi connectivity index (χ0n) is 13.8. The number of fused-ring (bicyclic) bond motifs is 2. The second-order valence-corrected chi connectivity index (χ2v) is 8.05. The van der Waals surface area contributed by atoms with E-state index in [-0.39, 0.29) is 17.9 Å². The van der Waals surface area contributed by atoms with Crippen molar-refractivity contribution >= 4 is 16.0 Å². The first-order chi connectivity index (χ1) is 12.5. The minimum absolute atomic E-state index is 0.0222. The van der Waals surface area contributed by atoms with Crippen molar-refractivity contribution in [3.63, 3.8) is 0 Å². The van der Waals surface area contributed by atoms with Crippen molar-refractivity contribution < 1.29 is 27.8 Å². The summed E-state index contributed by atoms with van der Waals surface area (Å²) < 4.78 is 38.1. The molecule has 2 heterocycles. The van der Waals surface area contributed by atoms with Crippen LogP contribution in [0.25, 0.3) is 0 Å². The molecule has 0 bridgehead atoms. The number of aliphatic carboxylic acids is 1. The molecule has 2 aromatic carbocycles. The number of carbonyl (C=O) groups is 1. The fourth-order valence-corrected chi connectivity index (χ4v) is 4.84. The Morgan fingerprint density at radius 2 is 1.73 bits per heavy atom. The van der Waals surface area contributed by atoms with Crippen molar-refractivity contribution in [2.75, 3.05) is 13.2 Å². The molecule has 26 heavy (non-hydrogen) atoms. The smallest absolute Gasteiger partial charge is 0.244 e. The molecule has 0 saturated heterocycles. The lowest BCUT2D eigenvalue weighted by molar-refractivity contribution is -0.310. The topological polar surface area (TPSA) is 96.0 Å². The lowest BCUT2D eigenvalue weighted by Gasteiger charge is -2.36. The van der Waals surface area contributed by atoms with Gasteiger partial charge in [-0.1, -0.05) is 24.3 Å². The summed E-state index contributed by atoms with van der Waals surface area (Å²) in [6.45, 7) is 0.704. The van der Waals surface area contributed by atoms with Crippen LogP contribution >= 0.6 is 0 Å². The van der Waals surface area contributed by atoms with Crippen molar-refractivity contribution in [3.05, 3.63) is 53.6 Å². The van der Waals surface area contributed by atoms with Crippen LogP contribution in [0.5, 0.6) is 11.5 Å². The van der Waals surface area contributed by atoms with E-state index in [1.165, 1.54) is 18.2 Å². The van der Waals surface area contributed by atoms with E-state index < -0.39 is 22.0 Å². The molecule has 0 radical (unpaired) electrons. The molecule has 7 nitrogen and oxygen atoms in total. The quantitative estimate of drug-likeness (QED) is 0.768. The highest BCUT2D eigenvalue weighted by molar-refractivity contribution is 7.89. The van der Waals surface area contributed by atoms with Gasteiger partial charge in [-0.05, 0) is 29.7 Å². The molecule has 0 unspecified atom stereocenters. The van der Waals surface area contributed by atoms with E-state index in [0.717, 1.165) is 15.4 Å². The van der Waals surface area contributed by atoms with E-state index in [1.807, 2.05) is 0 Å². The highest BCUT2D eigenvalue weighted by atomic mass is 32.2. The van der Waals surface area contributed by atoms with Crippen LogP contribution in [0.1, 0.15) is 11.1 Å². The average molecular weight is 374 g/mol. The summed E-state index contributed by atoms with van der Waals surface area (Å²) in [6.07, 6.45) is 0.0717. The Labute approximate surface area is 150 Å². The Morgan fingerprint density at radius 1 is 1.04 bits per heavy atom. The number of nitrogens with zero attached hydrogens (tertiary/aromatic N) is 1. The number of sulfonamides is 1. The van der Waals surface area contributed by atoms with Crippen LogP contribution in [0.2, 0.25) is 0 Å². The summed E-state index contributed by atoms with van der Waals surface area (Å²) in [5.74, 6) is -0.615. The van der Waals surface area contributed by atoms with Gasteiger partial charge >= 0.3 is 0 Å². The predicted octanol–water partition coefficient (Wildman–Crippen LogP) is 0.323. The zero-order valence-corrected chi connectivity index (χ0v) is 14.6. The van der Waals surface area contributed by atoms with Gasteiger partial charge in [0, 0.05) is 12.6 Å². The van der Waals surface area contributed by atoms with Gasteiger partial charge < -0.3 is 19.4 Å². The summed E-state index contributed by atoms with van der Waals surface area (Å²) in [7, 11) is -4.06. The number of hydrogen-bond donors (Lipinski definition) is 0. The molecule has 0 saturated carbocycles. The van der Waals surface area contributed by atoms with E-state index >= 15 is 0 Å². The maximum Gasteiger partial charge on any atom is 0.244 e.